The lowest BCUT2D eigenvalue weighted by Gasteiger charge is -2.13. The van der Waals surface area contributed by atoms with Crippen molar-refractivity contribution in [2.24, 2.45) is 0 Å². The van der Waals surface area contributed by atoms with E-state index in [-0.39, 0.29) is 5.91 Å². The number of hydrogen-bond acceptors (Lipinski definition) is 2. The number of carbonyl (C=O) groups is 2. The van der Waals surface area contributed by atoms with Gasteiger partial charge in [-0.3, -0.25) is 4.79 Å². The quantitative estimate of drug-likeness (QED) is 0.205. The van der Waals surface area contributed by atoms with Crippen LogP contribution in [-0.2, 0) is 9.59 Å². The zero-order chi connectivity index (χ0) is 20.9. The number of carboxylic acids is 1. The monoisotopic (exact) mass is 397 g/mol. The molecule has 0 aromatic carbocycles. The molecule has 2 N–H and O–H groups in total. The highest BCUT2D eigenvalue weighted by atomic mass is 16.4. The minimum absolute atomic E-state index is 0.113. The third kappa shape index (κ3) is 18.3. The van der Waals surface area contributed by atoms with E-state index in [0.717, 1.165) is 25.7 Å². The minimum Gasteiger partial charge on any atom is -0.480 e. The van der Waals surface area contributed by atoms with Crippen molar-refractivity contribution in [1.29, 1.82) is 0 Å². The molecule has 1 amide bonds. The normalized spacial score (nSPS) is 12.1. The zero-order valence-electron chi connectivity index (χ0n) is 18.8. The van der Waals surface area contributed by atoms with E-state index >= 15 is 0 Å². The first-order valence-corrected chi connectivity index (χ1v) is 12.1. The SMILES string of the molecule is CCCCCCCCCCCCCCCCCC(=O)NC(CCCC)C(=O)O. The first kappa shape index (κ1) is 26.9. The van der Waals surface area contributed by atoms with Gasteiger partial charge in [0.1, 0.15) is 6.04 Å². The minimum atomic E-state index is -0.918. The lowest BCUT2D eigenvalue weighted by molar-refractivity contribution is -0.142. The Hall–Kier alpha value is -1.06. The van der Waals surface area contributed by atoms with E-state index in [1.165, 1.54) is 83.5 Å². The van der Waals surface area contributed by atoms with E-state index in [2.05, 4.69) is 12.2 Å². The molecule has 0 radical (unpaired) electrons. The van der Waals surface area contributed by atoms with Gasteiger partial charge in [0, 0.05) is 6.42 Å². The molecule has 0 aromatic heterocycles. The first-order valence-electron chi connectivity index (χ1n) is 12.1. The molecule has 0 heterocycles. The molecule has 28 heavy (non-hydrogen) atoms. The van der Waals surface area contributed by atoms with E-state index in [1.54, 1.807) is 0 Å². The Morgan fingerprint density at radius 2 is 1.04 bits per heavy atom. The molecule has 0 aromatic rings. The largest absolute Gasteiger partial charge is 0.480 e. The van der Waals surface area contributed by atoms with Crippen LogP contribution in [0.25, 0.3) is 0 Å². The second-order valence-corrected chi connectivity index (χ2v) is 8.30. The number of carbonyl (C=O) groups excluding carboxylic acids is 1. The van der Waals surface area contributed by atoms with Crippen LogP contribution in [0.1, 0.15) is 136 Å². The summed E-state index contributed by atoms with van der Waals surface area (Å²) in [5.41, 5.74) is 0. The maximum Gasteiger partial charge on any atom is 0.326 e. The number of aliphatic carboxylic acids is 1. The summed E-state index contributed by atoms with van der Waals surface area (Å²) in [5, 5.41) is 11.8. The summed E-state index contributed by atoms with van der Waals surface area (Å²) in [4.78, 5) is 23.0. The topological polar surface area (TPSA) is 66.4 Å². The standard InChI is InChI=1S/C24H47NO3/c1-3-5-7-8-9-10-11-12-13-14-15-16-17-18-19-21-23(26)25-22(24(27)28)20-6-4-2/h22H,3-21H2,1-2H3,(H,25,26)(H,27,28). The Morgan fingerprint density at radius 3 is 1.43 bits per heavy atom. The van der Waals surface area contributed by atoms with Crippen LogP contribution in [0.4, 0.5) is 0 Å². The van der Waals surface area contributed by atoms with Gasteiger partial charge in [0.2, 0.25) is 5.91 Å². The van der Waals surface area contributed by atoms with Gasteiger partial charge < -0.3 is 10.4 Å². The van der Waals surface area contributed by atoms with E-state index < -0.39 is 12.0 Å². The number of unbranched alkanes of at least 4 members (excludes halogenated alkanes) is 15. The van der Waals surface area contributed by atoms with Crippen LogP contribution in [0.2, 0.25) is 0 Å². The van der Waals surface area contributed by atoms with Crippen molar-refractivity contribution >= 4 is 11.9 Å². The van der Waals surface area contributed by atoms with Gasteiger partial charge in [-0.05, 0) is 12.8 Å². The van der Waals surface area contributed by atoms with E-state index in [1.807, 2.05) is 6.92 Å². The molecular weight excluding hydrogens is 350 g/mol. The van der Waals surface area contributed by atoms with Gasteiger partial charge >= 0.3 is 5.97 Å². The molecule has 0 spiro atoms. The molecule has 166 valence electrons. The van der Waals surface area contributed by atoms with Crippen LogP contribution in [0.5, 0.6) is 0 Å². The van der Waals surface area contributed by atoms with E-state index in [9.17, 15) is 9.59 Å². The molecule has 0 rings (SSSR count). The number of carboxylic acid groups (broad SMARTS) is 1. The number of rotatable bonds is 21. The second-order valence-electron chi connectivity index (χ2n) is 8.30. The smallest absolute Gasteiger partial charge is 0.326 e. The predicted molar refractivity (Wildman–Crippen MR) is 119 cm³/mol. The molecule has 0 aliphatic carbocycles. The van der Waals surface area contributed by atoms with Gasteiger partial charge in [0.05, 0.1) is 0 Å². The molecular formula is C24H47NO3. The Morgan fingerprint density at radius 1 is 0.643 bits per heavy atom. The molecule has 0 aliphatic rings. The Bertz CT molecular complexity index is 371. The van der Waals surface area contributed by atoms with E-state index in [4.69, 9.17) is 5.11 Å². The van der Waals surface area contributed by atoms with Crippen LogP contribution in [0.3, 0.4) is 0 Å². The molecule has 0 bridgehead atoms. The van der Waals surface area contributed by atoms with Crippen LogP contribution in [0, 0.1) is 0 Å². The van der Waals surface area contributed by atoms with Crippen molar-refractivity contribution in [3.63, 3.8) is 0 Å². The molecule has 4 heteroatoms. The third-order valence-corrected chi connectivity index (χ3v) is 5.49. The number of nitrogens with one attached hydrogen (secondary N) is 1. The first-order chi connectivity index (χ1) is 13.6. The van der Waals surface area contributed by atoms with Gasteiger partial charge in [-0.1, -0.05) is 117 Å². The van der Waals surface area contributed by atoms with Gasteiger partial charge in [0.15, 0.2) is 0 Å². The Labute approximate surface area is 174 Å². The maximum atomic E-state index is 11.9. The average Bonchev–Trinajstić information content (AvgIpc) is 2.67. The van der Waals surface area contributed by atoms with Crippen molar-refractivity contribution < 1.29 is 14.7 Å². The van der Waals surface area contributed by atoms with Crippen molar-refractivity contribution in [1.82, 2.24) is 5.32 Å². The van der Waals surface area contributed by atoms with Crippen molar-refractivity contribution in [3.8, 4) is 0 Å². The van der Waals surface area contributed by atoms with Gasteiger partial charge in [0.25, 0.3) is 0 Å². The van der Waals surface area contributed by atoms with Gasteiger partial charge in [-0.25, -0.2) is 4.79 Å². The zero-order valence-corrected chi connectivity index (χ0v) is 18.8. The van der Waals surface area contributed by atoms with Gasteiger partial charge in [-0.2, -0.15) is 0 Å². The fraction of sp³-hybridized carbons (Fsp3) is 0.917. The van der Waals surface area contributed by atoms with E-state index in [0.29, 0.717) is 12.8 Å². The molecule has 4 nitrogen and oxygen atoms in total. The second kappa shape index (κ2) is 20.7. The van der Waals surface area contributed by atoms with Crippen LogP contribution >= 0.6 is 0 Å². The summed E-state index contributed by atoms with van der Waals surface area (Å²) in [6, 6.07) is -0.719. The van der Waals surface area contributed by atoms with Crippen molar-refractivity contribution in [2.75, 3.05) is 0 Å². The molecule has 0 saturated heterocycles. The Kier molecular flexibility index (Phi) is 19.9. The summed E-state index contributed by atoms with van der Waals surface area (Å²) in [7, 11) is 0. The van der Waals surface area contributed by atoms with Crippen LogP contribution < -0.4 is 5.32 Å². The van der Waals surface area contributed by atoms with Crippen molar-refractivity contribution in [3.05, 3.63) is 0 Å². The fourth-order valence-electron chi connectivity index (χ4n) is 3.59. The summed E-state index contributed by atoms with van der Waals surface area (Å²) in [6.45, 7) is 4.29. The summed E-state index contributed by atoms with van der Waals surface area (Å²) >= 11 is 0. The predicted octanol–water partition coefficient (Wildman–Crippen LogP) is 7.01. The van der Waals surface area contributed by atoms with Gasteiger partial charge in [-0.15, -0.1) is 0 Å². The highest BCUT2D eigenvalue weighted by Gasteiger charge is 2.18. The fourth-order valence-corrected chi connectivity index (χ4v) is 3.59. The van der Waals surface area contributed by atoms with Crippen LogP contribution in [0.15, 0.2) is 0 Å². The van der Waals surface area contributed by atoms with Crippen molar-refractivity contribution in [2.45, 2.75) is 142 Å². The Balaban J connectivity index is 3.38. The molecule has 1 unspecified atom stereocenters. The lowest BCUT2D eigenvalue weighted by atomic mass is 10.0. The molecule has 0 saturated carbocycles. The number of amides is 1. The lowest BCUT2D eigenvalue weighted by Crippen LogP contribution is -2.40. The molecule has 0 aliphatic heterocycles. The highest BCUT2D eigenvalue weighted by molar-refractivity contribution is 5.83. The van der Waals surface area contributed by atoms with Crippen LogP contribution in [-0.4, -0.2) is 23.0 Å². The third-order valence-electron chi connectivity index (χ3n) is 5.49. The molecule has 0 fully saturated rings. The average molecular weight is 398 g/mol. The number of hydrogen-bond donors (Lipinski definition) is 2. The molecule has 1 atom stereocenters. The summed E-state index contributed by atoms with van der Waals surface area (Å²) in [6.07, 6.45) is 22.3. The highest BCUT2D eigenvalue weighted by Crippen LogP contribution is 2.13. The maximum absolute atomic E-state index is 11.9. The summed E-state index contributed by atoms with van der Waals surface area (Å²) in [5.74, 6) is -1.03. The summed E-state index contributed by atoms with van der Waals surface area (Å²) < 4.78 is 0.